The maximum Gasteiger partial charge on any atom is 0.155 e. The average Bonchev–Trinajstić information content (AvgIpc) is 3.16. The van der Waals surface area contributed by atoms with Gasteiger partial charge >= 0.3 is 0 Å². The van der Waals surface area contributed by atoms with Gasteiger partial charge in [0.25, 0.3) is 0 Å². The minimum atomic E-state index is 0.709. The molecule has 0 radical (unpaired) electrons. The number of piperazine rings is 1. The van der Waals surface area contributed by atoms with Crippen molar-refractivity contribution in [3.63, 3.8) is 0 Å². The number of fused-ring (bicyclic) bond motifs is 1. The van der Waals surface area contributed by atoms with Crippen molar-refractivity contribution in [2.24, 2.45) is 10.8 Å². The summed E-state index contributed by atoms with van der Waals surface area (Å²) in [6.07, 6.45) is 0.709. The molecule has 5 N–H and O–H groups in total. The van der Waals surface area contributed by atoms with Crippen molar-refractivity contribution in [1.82, 2.24) is 31.0 Å². The first-order valence-electron chi connectivity index (χ1n) is 10.3. The van der Waals surface area contributed by atoms with Crippen molar-refractivity contribution in [3.8, 4) is 0 Å². The lowest BCUT2D eigenvalue weighted by atomic mass is 10.1. The first-order valence-corrected chi connectivity index (χ1v) is 10.3. The van der Waals surface area contributed by atoms with Gasteiger partial charge in [0.15, 0.2) is 11.7 Å². The van der Waals surface area contributed by atoms with Crippen molar-refractivity contribution in [3.05, 3.63) is 76.9 Å². The Labute approximate surface area is 175 Å². The number of hydrazine groups is 2. The van der Waals surface area contributed by atoms with E-state index in [1.165, 1.54) is 5.56 Å². The number of aliphatic imine (C=N–C) groups is 1. The normalized spacial score (nSPS) is 17.3. The fourth-order valence-electron chi connectivity index (χ4n) is 3.99. The smallest absolute Gasteiger partial charge is 0.155 e. The highest BCUT2D eigenvalue weighted by atomic mass is 15.7. The third-order valence-electron chi connectivity index (χ3n) is 5.65. The summed E-state index contributed by atoms with van der Waals surface area (Å²) in [6.45, 7) is 5.67. The number of aromatic amines is 1. The standard InChI is InChI=1S/C22H26N8/c1-15-18-14-17(7-8-19(18)27-26-15)21-25-22(29-11-9-24-10-12-29)20(30(23)28-21)13-16-5-3-2-4-6-16/h2-8,14,24H,9-13,23H2,1H3,(H,25,28)(H,26,27). The molecule has 0 aliphatic carbocycles. The Morgan fingerprint density at radius 1 is 1.07 bits per heavy atom. The van der Waals surface area contributed by atoms with Crippen molar-refractivity contribution < 1.29 is 0 Å². The Morgan fingerprint density at radius 2 is 1.87 bits per heavy atom. The van der Waals surface area contributed by atoms with Crippen LogP contribution in [0, 0.1) is 6.92 Å². The van der Waals surface area contributed by atoms with Crippen LogP contribution < -0.4 is 16.6 Å². The first-order chi connectivity index (χ1) is 14.7. The molecular formula is C22H26N8. The Balaban J connectivity index is 1.57. The van der Waals surface area contributed by atoms with Gasteiger partial charge in [-0.25, -0.2) is 16.0 Å². The Morgan fingerprint density at radius 3 is 2.67 bits per heavy atom. The average molecular weight is 403 g/mol. The fourth-order valence-corrected chi connectivity index (χ4v) is 3.99. The van der Waals surface area contributed by atoms with Crippen LogP contribution in [0.25, 0.3) is 10.9 Å². The summed E-state index contributed by atoms with van der Waals surface area (Å²) in [6, 6.07) is 16.5. The molecule has 3 aromatic rings. The number of nitrogens with zero attached hydrogens (tertiary/aromatic N) is 4. The lowest BCUT2D eigenvalue weighted by molar-refractivity contribution is 0.243. The number of benzene rings is 2. The van der Waals surface area contributed by atoms with E-state index in [-0.39, 0.29) is 0 Å². The van der Waals surface area contributed by atoms with Crippen LogP contribution in [0.4, 0.5) is 0 Å². The summed E-state index contributed by atoms with van der Waals surface area (Å²) < 4.78 is 0. The van der Waals surface area contributed by atoms with Gasteiger partial charge in [-0.2, -0.15) is 5.10 Å². The second-order valence-electron chi connectivity index (χ2n) is 7.68. The molecular weight excluding hydrogens is 376 g/mol. The molecule has 2 aliphatic heterocycles. The van der Waals surface area contributed by atoms with Crippen LogP contribution in [-0.2, 0) is 6.42 Å². The second kappa shape index (κ2) is 7.81. The molecule has 1 fully saturated rings. The van der Waals surface area contributed by atoms with Gasteiger partial charge in [0, 0.05) is 43.5 Å². The zero-order valence-electron chi connectivity index (χ0n) is 17.0. The number of rotatable bonds is 4. The van der Waals surface area contributed by atoms with E-state index < -0.39 is 0 Å². The van der Waals surface area contributed by atoms with E-state index in [4.69, 9.17) is 10.8 Å². The molecule has 154 valence electrons. The van der Waals surface area contributed by atoms with Crippen LogP contribution in [0.15, 0.2) is 65.0 Å². The van der Waals surface area contributed by atoms with Crippen LogP contribution in [-0.4, -0.2) is 52.2 Å². The van der Waals surface area contributed by atoms with E-state index in [1.54, 1.807) is 5.12 Å². The van der Waals surface area contributed by atoms with Gasteiger partial charge in [0.05, 0.1) is 16.9 Å². The molecule has 5 rings (SSSR count). The summed E-state index contributed by atoms with van der Waals surface area (Å²) in [5.41, 5.74) is 8.41. The number of nitrogens with two attached hydrogens (primary N) is 1. The highest BCUT2D eigenvalue weighted by Gasteiger charge is 2.26. The molecule has 0 unspecified atom stereocenters. The highest BCUT2D eigenvalue weighted by Crippen LogP contribution is 2.24. The molecule has 3 heterocycles. The Bertz CT molecular complexity index is 1110. The van der Waals surface area contributed by atoms with Crippen LogP contribution in [0.1, 0.15) is 16.8 Å². The molecule has 2 aromatic carbocycles. The van der Waals surface area contributed by atoms with Crippen molar-refractivity contribution >= 4 is 16.7 Å². The molecule has 30 heavy (non-hydrogen) atoms. The minimum absolute atomic E-state index is 0.709. The minimum Gasteiger partial charge on any atom is -0.352 e. The maximum absolute atomic E-state index is 6.50. The monoisotopic (exact) mass is 402 g/mol. The van der Waals surface area contributed by atoms with Gasteiger partial charge in [-0.3, -0.25) is 10.5 Å². The van der Waals surface area contributed by atoms with Gasteiger partial charge in [-0.15, -0.1) is 0 Å². The summed E-state index contributed by atoms with van der Waals surface area (Å²) in [4.78, 5) is 7.37. The number of hydrogen-bond donors (Lipinski definition) is 4. The summed E-state index contributed by atoms with van der Waals surface area (Å²) in [5.74, 6) is 8.17. The molecule has 0 saturated carbocycles. The zero-order valence-corrected chi connectivity index (χ0v) is 17.0. The van der Waals surface area contributed by atoms with Crippen LogP contribution in [0.3, 0.4) is 0 Å². The van der Waals surface area contributed by atoms with E-state index in [1.807, 2.05) is 25.1 Å². The van der Waals surface area contributed by atoms with E-state index in [9.17, 15) is 0 Å². The van der Waals surface area contributed by atoms with Gasteiger partial charge in [-0.1, -0.05) is 30.3 Å². The zero-order chi connectivity index (χ0) is 20.5. The predicted molar refractivity (Wildman–Crippen MR) is 118 cm³/mol. The highest BCUT2D eigenvalue weighted by molar-refractivity contribution is 6.02. The fraction of sp³-hybridized carbons (Fsp3) is 0.273. The van der Waals surface area contributed by atoms with Gasteiger partial charge in [0.1, 0.15) is 0 Å². The molecule has 8 heteroatoms. The predicted octanol–water partition coefficient (Wildman–Crippen LogP) is 1.63. The molecule has 1 aromatic heterocycles. The van der Waals surface area contributed by atoms with Crippen molar-refractivity contribution in [1.29, 1.82) is 0 Å². The van der Waals surface area contributed by atoms with Gasteiger partial charge in [0.2, 0.25) is 0 Å². The number of amidine groups is 1. The second-order valence-corrected chi connectivity index (χ2v) is 7.68. The van der Waals surface area contributed by atoms with Crippen molar-refractivity contribution in [2.75, 3.05) is 26.2 Å². The number of aryl methyl sites for hydroxylation is 1. The van der Waals surface area contributed by atoms with E-state index in [2.05, 4.69) is 56.2 Å². The lowest BCUT2D eigenvalue weighted by Crippen LogP contribution is -2.53. The van der Waals surface area contributed by atoms with E-state index in [0.29, 0.717) is 6.42 Å². The van der Waals surface area contributed by atoms with E-state index in [0.717, 1.165) is 65.7 Å². The molecule has 2 aliphatic rings. The summed E-state index contributed by atoms with van der Waals surface area (Å²) in [7, 11) is 0. The topological polar surface area (TPSA) is 97.6 Å². The summed E-state index contributed by atoms with van der Waals surface area (Å²) >= 11 is 0. The van der Waals surface area contributed by atoms with Crippen LogP contribution >= 0.6 is 0 Å². The first kappa shape index (κ1) is 18.7. The third-order valence-corrected chi connectivity index (χ3v) is 5.65. The third kappa shape index (κ3) is 3.51. The van der Waals surface area contributed by atoms with Crippen LogP contribution in [0.5, 0.6) is 0 Å². The van der Waals surface area contributed by atoms with Crippen LogP contribution in [0.2, 0.25) is 0 Å². The molecule has 0 spiro atoms. The maximum atomic E-state index is 6.50. The lowest BCUT2D eigenvalue weighted by Gasteiger charge is -2.37. The molecule has 0 bridgehead atoms. The molecule has 8 nitrogen and oxygen atoms in total. The van der Waals surface area contributed by atoms with Crippen molar-refractivity contribution in [2.45, 2.75) is 13.3 Å². The van der Waals surface area contributed by atoms with E-state index >= 15 is 0 Å². The molecule has 1 saturated heterocycles. The molecule has 0 atom stereocenters. The quantitative estimate of drug-likeness (QED) is 0.495. The Hall–Kier alpha value is -3.36. The van der Waals surface area contributed by atoms with Gasteiger partial charge in [-0.05, 0) is 30.7 Å². The SMILES string of the molecule is Cc1n[nH]c2ccc(C3=NC(N4CCNCC4)=C(Cc4ccccc4)N(N)N3)cc12. The number of aromatic nitrogens is 2. The summed E-state index contributed by atoms with van der Waals surface area (Å²) in [5, 5.41) is 13.5. The number of hydrogen-bond acceptors (Lipinski definition) is 7. The Kier molecular flexibility index (Phi) is 4.86. The number of H-pyrrole nitrogens is 1. The number of allylic oxidation sites excluding steroid dienone is 1. The van der Waals surface area contributed by atoms with Gasteiger partial charge < -0.3 is 10.2 Å². The largest absolute Gasteiger partial charge is 0.352 e. The molecule has 0 amide bonds. The number of nitrogens with one attached hydrogen (secondary N) is 3.